The van der Waals surface area contributed by atoms with Crippen molar-refractivity contribution in [1.29, 1.82) is 0 Å². The third-order valence-corrected chi connectivity index (χ3v) is 12.6. The first-order chi connectivity index (χ1) is 28.7. The molecule has 0 bridgehead atoms. The SMILES string of the molecule is CN[C@@H]1[C@H](O[C@@H]2OC[C@@H](O)[C@H](O)[C@H]2O)[C@@H](O)[C@H](O[C@H]2c3cc(C)c(C(=O)N[C@H](C)C(=O)O)c(O)c3-c3c(cc4c(c3O)C(=O)c3cc(OC)c(I)c(O)c3C4=O)[C@@H]2O)O[C@@H]1C. The highest BCUT2D eigenvalue weighted by Gasteiger charge is 2.51. The van der Waals surface area contributed by atoms with Crippen molar-refractivity contribution in [2.75, 3.05) is 20.8 Å². The maximum absolute atomic E-state index is 14.2. The Morgan fingerprint density at radius 2 is 1.48 bits per heavy atom. The third-order valence-electron chi connectivity index (χ3n) is 11.5. The van der Waals surface area contributed by atoms with Crippen molar-refractivity contribution in [3.63, 3.8) is 0 Å². The summed E-state index contributed by atoms with van der Waals surface area (Å²) in [4.78, 5) is 53.6. The monoisotopic (exact) mass is 966 g/mol. The number of aliphatic hydroxyl groups is 5. The summed E-state index contributed by atoms with van der Waals surface area (Å²) < 4.78 is 29.2. The molecule has 21 heteroatoms. The van der Waals surface area contributed by atoms with Gasteiger partial charge in [-0.2, -0.15) is 0 Å². The first kappa shape index (κ1) is 44.5. The van der Waals surface area contributed by atoms with Crippen LogP contribution >= 0.6 is 22.6 Å². The fraction of sp³-hybridized carbons (Fsp3) is 0.450. The van der Waals surface area contributed by atoms with Crippen LogP contribution in [0.4, 0.5) is 0 Å². The molecule has 7 rings (SSSR count). The molecule has 20 nitrogen and oxygen atoms in total. The van der Waals surface area contributed by atoms with Gasteiger partial charge in [-0.15, -0.1) is 0 Å². The Labute approximate surface area is 359 Å². The molecule has 0 spiro atoms. The molecule has 2 aliphatic heterocycles. The second-order valence-corrected chi connectivity index (χ2v) is 16.3. The van der Waals surface area contributed by atoms with E-state index in [0.717, 1.165) is 6.07 Å². The van der Waals surface area contributed by atoms with Crippen molar-refractivity contribution in [3.05, 3.63) is 66.3 Å². The predicted octanol–water partition coefficient (Wildman–Crippen LogP) is -0.00708. The van der Waals surface area contributed by atoms with E-state index >= 15 is 0 Å². The van der Waals surface area contributed by atoms with Crippen LogP contribution in [0, 0.1) is 10.5 Å². The number of nitrogens with one attached hydrogen (secondary N) is 2. The summed E-state index contributed by atoms with van der Waals surface area (Å²) in [6, 6.07) is 1.36. The van der Waals surface area contributed by atoms with Gasteiger partial charge in [0, 0.05) is 22.3 Å². The van der Waals surface area contributed by atoms with Crippen LogP contribution < -0.4 is 15.4 Å². The number of fused-ring (bicyclic) bond motifs is 5. The highest BCUT2D eigenvalue weighted by Crippen LogP contribution is 2.57. The number of carbonyl (C=O) groups excluding carboxylic acids is 3. The summed E-state index contributed by atoms with van der Waals surface area (Å²) in [5.41, 5.74) is -3.35. The van der Waals surface area contributed by atoms with Crippen molar-refractivity contribution < 1.29 is 88.8 Å². The molecular weight excluding hydrogens is 923 g/mol. The van der Waals surface area contributed by atoms with Gasteiger partial charge < -0.3 is 80.3 Å². The zero-order chi connectivity index (χ0) is 44.7. The molecule has 0 saturated carbocycles. The molecule has 0 unspecified atom stereocenters. The number of phenolic OH excluding ortho intramolecular Hbond substituents is 3. The number of aromatic hydroxyl groups is 3. The fourth-order valence-electron chi connectivity index (χ4n) is 8.34. The lowest BCUT2D eigenvalue weighted by Gasteiger charge is -2.47. The average molecular weight is 967 g/mol. The zero-order valence-corrected chi connectivity index (χ0v) is 35.1. The van der Waals surface area contributed by atoms with Crippen molar-refractivity contribution in [1.82, 2.24) is 10.6 Å². The summed E-state index contributed by atoms with van der Waals surface area (Å²) in [7, 11) is 2.82. The molecular formula is C40H43IN2O18. The van der Waals surface area contributed by atoms with Gasteiger partial charge in [0.05, 0.1) is 46.1 Å². The first-order valence-electron chi connectivity index (χ1n) is 18.9. The van der Waals surface area contributed by atoms with Crippen LogP contribution in [0.3, 0.4) is 0 Å². The second kappa shape index (κ2) is 16.6. The number of amides is 1. The molecule has 2 saturated heterocycles. The molecule has 328 valence electrons. The average Bonchev–Trinajstić information content (AvgIpc) is 3.20. The number of phenols is 3. The largest absolute Gasteiger partial charge is 0.506 e. The van der Waals surface area contributed by atoms with Crippen LogP contribution in [0.1, 0.15) is 84.9 Å². The van der Waals surface area contributed by atoms with Crippen LogP contribution in [0.2, 0.25) is 0 Å². The summed E-state index contributed by atoms with van der Waals surface area (Å²) in [6.07, 6.45) is -15.5. The Kier molecular flexibility index (Phi) is 12.1. The minimum atomic E-state index is -1.90. The highest BCUT2D eigenvalue weighted by atomic mass is 127. The number of ketones is 2. The van der Waals surface area contributed by atoms with E-state index in [1.54, 1.807) is 29.5 Å². The Morgan fingerprint density at radius 1 is 0.852 bits per heavy atom. The number of likely N-dealkylation sites (N-methyl/N-ethyl adjacent to an activating group) is 1. The molecule has 11 N–H and O–H groups in total. The lowest BCUT2D eigenvalue weighted by Crippen LogP contribution is -2.65. The quantitative estimate of drug-likeness (QED) is 0.0983. The van der Waals surface area contributed by atoms with Gasteiger partial charge >= 0.3 is 5.97 Å². The molecule has 2 heterocycles. The molecule has 2 aliphatic carbocycles. The topological polar surface area (TPSA) is 321 Å². The lowest BCUT2D eigenvalue weighted by molar-refractivity contribution is -0.339. The number of halogens is 1. The van der Waals surface area contributed by atoms with Gasteiger partial charge in [0.2, 0.25) is 0 Å². The van der Waals surface area contributed by atoms with Crippen LogP contribution in [-0.2, 0) is 23.7 Å². The summed E-state index contributed by atoms with van der Waals surface area (Å²) in [5.74, 6) is -6.56. The molecule has 0 radical (unpaired) electrons. The Hall–Kier alpha value is -4.53. The molecule has 0 aromatic heterocycles. The van der Waals surface area contributed by atoms with E-state index in [-0.39, 0.29) is 37.1 Å². The number of benzene rings is 3. The number of carbonyl (C=O) groups is 4. The summed E-state index contributed by atoms with van der Waals surface area (Å²) in [5, 5.41) is 105. The maximum Gasteiger partial charge on any atom is 0.325 e. The summed E-state index contributed by atoms with van der Waals surface area (Å²) in [6.45, 7) is 3.76. The predicted molar refractivity (Wildman–Crippen MR) is 213 cm³/mol. The number of aryl methyl sites for hydroxylation is 1. The van der Waals surface area contributed by atoms with E-state index in [2.05, 4.69) is 10.6 Å². The second-order valence-electron chi connectivity index (χ2n) is 15.2. The number of hydrogen-bond donors (Lipinski definition) is 11. The number of carboxylic acid groups (broad SMARTS) is 1. The maximum atomic E-state index is 14.2. The number of methoxy groups -OCH3 is 1. The molecule has 3 aromatic carbocycles. The zero-order valence-electron chi connectivity index (χ0n) is 32.9. The lowest BCUT2D eigenvalue weighted by atomic mass is 9.74. The van der Waals surface area contributed by atoms with Gasteiger partial charge in [0.25, 0.3) is 5.91 Å². The standard InChI is InChI=1S/C40H43IN2O18/c1-10-6-16-21(30(49)19(10)37(54)43-11(2)38(55)56)20-13(7-14-22(31(20)50)27(46)15-8-18(57-5)24(41)32(51)23(15)26(14)45)28(47)35(16)60-40-34(53)36(25(42-4)12(3)59-40)61-39-33(52)29(48)17(44)9-58-39/h6-8,11-12,17,25,28-29,33-36,39-40,42,44,47-53H,9H2,1-5H3,(H,43,54)(H,55,56)/t11-,12-,17-,25+,28+,29+,33-,34-,35+,36+,39+,40+/m1/s1. The molecule has 2 fully saturated rings. The Balaban J connectivity index is 1.38. The first-order valence-corrected chi connectivity index (χ1v) is 20.0. The van der Waals surface area contributed by atoms with Crippen LogP contribution in [0.15, 0.2) is 18.2 Å². The highest BCUT2D eigenvalue weighted by molar-refractivity contribution is 14.1. The molecule has 4 aliphatic rings. The van der Waals surface area contributed by atoms with Crippen molar-refractivity contribution >= 4 is 46.0 Å². The van der Waals surface area contributed by atoms with E-state index in [1.807, 2.05) is 0 Å². The van der Waals surface area contributed by atoms with Gasteiger partial charge in [0.1, 0.15) is 71.8 Å². The van der Waals surface area contributed by atoms with E-state index < -0.39 is 149 Å². The minimum absolute atomic E-state index is 0.0320. The number of aliphatic hydroxyl groups excluding tert-OH is 5. The van der Waals surface area contributed by atoms with Gasteiger partial charge in [-0.25, -0.2) is 0 Å². The van der Waals surface area contributed by atoms with E-state index in [1.165, 1.54) is 40.1 Å². The van der Waals surface area contributed by atoms with Crippen molar-refractivity contribution in [2.24, 2.45) is 0 Å². The Morgan fingerprint density at radius 3 is 2.10 bits per heavy atom. The molecule has 1 amide bonds. The minimum Gasteiger partial charge on any atom is -0.506 e. The normalized spacial score (nSPS) is 29.8. The molecule has 12 atom stereocenters. The van der Waals surface area contributed by atoms with E-state index in [9.17, 15) is 65.1 Å². The number of carboxylic acids is 1. The van der Waals surface area contributed by atoms with Crippen LogP contribution in [0.5, 0.6) is 23.0 Å². The Bertz CT molecular complexity index is 2340. The van der Waals surface area contributed by atoms with Crippen molar-refractivity contribution in [2.45, 2.75) is 94.3 Å². The molecule has 61 heavy (non-hydrogen) atoms. The third kappa shape index (κ3) is 7.19. The van der Waals surface area contributed by atoms with Crippen LogP contribution in [-0.4, -0.2) is 151 Å². The van der Waals surface area contributed by atoms with Gasteiger partial charge in [-0.05, 0) is 79.2 Å². The molecule has 3 aromatic rings. The van der Waals surface area contributed by atoms with Gasteiger partial charge in [-0.1, -0.05) is 6.07 Å². The number of aliphatic carboxylic acids is 1. The smallest absolute Gasteiger partial charge is 0.325 e. The van der Waals surface area contributed by atoms with Crippen molar-refractivity contribution in [3.8, 4) is 34.1 Å². The number of hydrogen-bond acceptors (Lipinski definition) is 18. The number of rotatable bonds is 9. The van der Waals surface area contributed by atoms with Gasteiger partial charge in [0.15, 0.2) is 24.1 Å². The summed E-state index contributed by atoms with van der Waals surface area (Å²) >= 11 is 1.73. The van der Waals surface area contributed by atoms with Gasteiger partial charge in [-0.3, -0.25) is 19.2 Å². The fourth-order valence-corrected chi connectivity index (χ4v) is 8.98. The van der Waals surface area contributed by atoms with Crippen LogP contribution in [0.25, 0.3) is 11.1 Å². The number of ether oxygens (including phenoxy) is 5. The van der Waals surface area contributed by atoms with E-state index in [4.69, 9.17) is 23.7 Å². The van der Waals surface area contributed by atoms with E-state index in [0.29, 0.717) is 0 Å².